The first-order valence-corrected chi connectivity index (χ1v) is 10.7. The lowest BCUT2D eigenvalue weighted by molar-refractivity contribution is 0.373. The first-order chi connectivity index (χ1) is 15.9. The third-order valence-corrected chi connectivity index (χ3v) is 5.84. The average molecular weight is 414 g/mol. The van der Waals surface area contributed by atoms with Gasteiger partial charge >= 0.3 is 0 Å². The first kappa shape index (κ1) is 19.8. The summed E-state index contributed by atoms with van der Waals surface area (Å²) in [5, 5.41) is 0. The van der Waals surface area contributed by atoms with Crippen molar-refractivity contribution >= 4 is 11.8 Å². The third-order valence-electron chi connectivity index (χ3n) is 5.84. The SMILES string of the molecule is C1=COC(=C(c2ccccc2)C(c2ccccc2)(c2ccccc2)c2ccccc2)C=N1. The molecule has 0 N–H and O–H groups in total. The van der Waals surface area contributed by atoms with E-state index in [9.17, 15) is 0 Å². The van der Waals surface area contributed by atoms with Crippen molar-refractivity contribution in [2.45, 2.75) is 5.41 Å². The van der Waals surface area contributed by atoms with Gasteiger partial charge in [-0.3, -0.25) is 4.99 Å². The molecule has 1 aliphatic rings. The third kappa shape index (κ3) is 3.46. The molecule has 4 aromatic rings. The van der Waals surface area contributed by atoms with Crippen molar-refractivity contribution in [2.24, 2.45) is 4.99 Å². The van der Waals surface area contributed by atoms with Crippen molar-refractivity contribution in [1.82, 2.24) is 0 Å². The van der Waals surface area contributed by atoms with Crippen LogP contribution in [-0.2, 0) is 10.2 Å². The van der Waals surface area contributed by atoms with Gasteiger partial charge in [-0.05, 0) is 22.3 Å². The number of hydrogen-bond acceptors (Lipinski definition) is 2. The molecule has 2 nitrogen and oxygen atoms in total. The highest BCUT2D eigenvalue weighted by Crippen LogP contribution is 2.50. The van der Waals surface area contributed by atoms with E-state index in [1.54, 1.807) is 12.5 Å². The van der Waals surface area contributed by atoms with Crippen LogP contribution < -0.4 is 0 Å². The summed E-state index contributed by atoms with van der Waals surface area (Å²) < 4.78 is 6.11. The quantitative estimate of drug-likeness (QED) is 0.323. The summed E-state index contributed by atoms with van der Waals surface area (Å²) in [6.07, 6.45) is 5.12. The first-order valence-electron chi connectivity index (χ1n) is 10.7. The molecule has 5 rings (SSSR count). The van der Waals surface area contributed by atoms with Gasteiger partial charge in [0.1, 0.15) is 12.0 Å². The minimum Gasteiger partial charge on any atom is -0.461 e. The largest absolute Gasteiger partial charge is 0.461 e. The average Bonchev–Trinajstić information content (AvgIpc) is 2.90. The number of allylic oxidation sites excluding steroid dienone is 2. The van der Waals surface area contributed by atoms with E-state index < -0.39 is 5.41 Å². The van der Waals surface area contributed by atoms with Crippen LogP contribution in [0.1, 0.15) is 22.3 Å². The van der Waals surface area contributed by atoms with Crippen LogP contribution in [0.15, 0.2) is 145 Å². The van der Waals surface area contributed by atoms with Crippen LogP contribution >= 0.6 is 0 Å². The van der Waals surface area contributed by atoms with Crippen molar-refractivity contribution in [3.63, 3.8) is 0 Å². The van der Waals surface area contributed by atoms with E-state index in [1.807, 2.05) is 12.3 Å². The van der Waals surface area contributed by atoms with E-state index in [4.69, 9.17) is 4.74 Å². The molecule has 0 spiro atoms. The Kier molecular flexibility index (Phi) is 5.50. The molecule has 0 bridgehead atoms. The monoisotopic (exact) mass is 413 g/mol. The highest BCUT2D eigenvalue weighted by atomic mass is 16.5. The zero-order chi connectivity index (χ0) is 21.6. The van der Waals surface area contributed by atoms with Crippen LogP contribution in [0.4, 0.5) is 0 Å². The van der Waals surface area contributed by atoms with E-state index in [-0.39, 0.29) is 0 Å². The molecular weight excluding hydrogens is 390 g/mol. The van der Waals surface area contributed by atoms with Crippen molar-refractivity contribution in [3.8, 4) is 0 Å². The highest BCUT2D eigenvalue weighted by molar-refractivity contribution is 5.96. The molecule has 2 heteroatoms. The Labute approximate surface area is 188 Å². The fourth-order valence-corrected chi connectivity index (χ4v) is 4.55. The van der Waals surface area contributed by atoms with Crippen molar-refractivity contribution in [1.29, 1.82) is 0 Å². The molecule has 0 aromatic heterocycles. The van der Waals surface area contributed by atoms with Crippen LogP contribution in [0.2, 0.25) is 0 Å². The molecule has 0 aliphatic carbocycles. The lowest BCUT2D eigenvalue weighted by Crippen LogP contribution is -2.32. The van der Waals surface area contributed by atoms with Crippen molar-refractivity contribution < 1.29 is 4.74 Å². The summed E-state index contributed by atoms with van der Waals surface area (Å²) in [6, 6.07) is 42.4. The van der Waals surface area contributed by atoms with Crippen molar-refractivity contribution in [2.75, 3.05) is 0 Å². The molecule has 0 atom stereocenters. The Morgan fingerprint density at radius 3 is 1.41 bits per heavy atom. The second-order valence-corrected chi connectivity index (χ2v) is 7.63. The van der Waals surface area contributed by atoms with Crippen LogP contribution in [0.25, 0.3) is 5.57 Å². The zero-order valence-corrected chi connectivity index (χ0v) is 17.6. The number of hydrogen-bond donors (Lipinski definition) is 0. The van der Waals surface area contributed by atoms with Gasteiger partial charge in [0.05, 0.1) is 17.8 Å². The van der Waals surface area contributed by atoms with E-state index in [0.717, 1.165) is 33.6 Å². The van der Waals surface area contributed by atoms with Gasteiger partial charge < -0.3 is 4.74 Å². The van der Waals surface area contributed by atoms with Crippen LogP contribution in [-0.4, -0.2) is 6.21 Å². The predicted molar refractivity (Wildman–Crippen MR) is 131 cm³/mol. The van der Waals surface area contributed by atoms with Gasteiger partial charge in [0.25, 0.3) is 0 Å². The van der Waals surface area contributed by atoms with Crippen LogP contribution in [0.3, 0.4) is 0 Å². The fraction of sp³-hybridized carbons (Fsp3) is 0.0333. The molecular formula is C30H23NO. The van der Waals surface area contributed by atoms with Crippen LogP contribution in [0, 0.1) is 0 Å². The Bertz CT molecular complexity index is 1160. The lowest BCUT2D eigenvalue weighted by atomic mass is 9.62. The summed E-state index contributed by atoms with van der Waals surface area (Å²) in [4.78, 5) is 4.41. The molecule has 32 heavy (non-hydrogen) atoms. The van der Waals surface area contributed by atoms with Gasteiger partial charge in [-0.15, -0.1) is 0 Å². The topological polar surface area (TPSA) is 21.6 Å². The molecule has 4 aromatic carbocycles. The maximum Gasteiger partial charge on any atom is 0.150 e. The highest BCUT2D eigenvalue weighted by Gasteiger charge is 2.42. The fourth-order valence-electron chi connectivity index (χ4n) is 4.55. The molecule has 0 radical (unpaired) electrons. The van der Waals surface area contributed by atoms with Gasteiger partial charge in [0, 0.05) is 5.57 Å². The standard InChI is InChI=1S/C30H23NO/c1-5-13-24(14-6-1)29(28-23-31-21-22-32-28)30(25-15-7-2-8-16-25,26-17-9-3-10-18-26)27-19-11-4-12-20-27/h1-23H. The molecule has 0 saturated carbocycles. The minimum atomic E-state index is -0.613. The second-order valence-electron chi connectivity index (χ2n) is 7.63. The van der Waals surface area contributed by atoms with Gasteiger partial charge in [-0.1, -0.05) is 121 Å². The Hall–Kier alpha value is -4.17. The maximum absolute atomic E-state index is 6.11. The van der Waals surface area contributed by atoms with Crippen LogP contribution in [0.5, 0.6) is 0 Å². The molecule has 0 amide bonds. The predicted octanol–water partition coefficient (Wildman–Crippen LogP) is 7.00. The number of aliphatic imine (C=N–C) groups is 1. The second kappa shape index (κ2) is 8.91. The molecule has 1 heterocycles. The van der Waals surface area contributed by atoms with Gasteiger partial charge in [0.15, 0.2) is 0 Å². The molecule has 0 fully saturated rings. The van der Waals surface area contributed by atoms with Gasteiger partial charge in [0.2, 0.25) is 0 Å². The van der Waals surface area contributed by atoms with Gasteiger partial charge in [-0.2, -0.15) is 0 Å². The Morgan fingerprint density at radius 2 is 1.00 bits per heavy atom. The van der Waals surface area contributed by atoms with Crippen molar-refractivity contribution in [3.05, 3.63) is 162 Å². The lowest BCUT2D eigenvalue weighted by Gasteiger charge is -2.39. The Morgan fingerprint density at radius 1 is 0.562 bits per heavy atom. The molecule has 0 unspecified atom stereocenters. The Balaban J connectivity index is 1.97. The summed E-state index contributed by atoms with van der Waals surface area (Å²) in [7, 11) is 0. The van der Waals surface area contributed by atoms with E-state index in [0.29, 0.717) is 0 Å². The smallest absolute Gasteiger partial charge is 0.150 e. The molecule has 154 valence electrons. The number of nitrogens with zero attached hydrogens (tertiary/aromatic N) is 1. The zero-order valence-electron chi connectivity index (χ0n) is 17.6. The summed E-state index contributed by atoms with van der Waals surface area (Å²) in [5.74, 6) is 0.732. The van der Waals surface area contributed by atoms with Gasteiger partial charge in [-0.25, -0.2) is 0 Å². The summed E-state index contributed by atoms with van der Waals surface area (Å²) >= 11 is 0. The van der Waals surface area contributed by atoms with E-state index in [2.05, 4.69) is 120 Å². The number of rotatable bonds is 5. The molecule has 1 aliphatic heterocycles. The number of ether oxygens (including phenoxy) is 1. The maximum atomic E-state index is 6.11. The minimum absolute atomic E-state index is 0.613. The normalized spacial score (nSPS) is 14.6. The molecule has 0 saturated heterocycles. The van der Waals surface area contributed by atoms with E-state index in [1.165, 1.54) is 0 Å². The number of benzene rings is 4. The summed E-state index contributed by atoms with van der Waals surface area (Å²) in [5.41, 5.74) is 5.01. The summed E-state index contributed by atoms with van der Waals surface area (Å²) in [6.45, 7) is 0. The van der Waals surface area contributed by atoms with E-state index >= 15 is 0 Å².